The smallest absolute Gasteiger partial charge is 0.262 e. The first-order valence-electron chi connectivity index (χ1n) is 10.3. The van der Waals surface area contributed by atoms with Gasteiger partial charge in [-0.15, -0.1) is 0 Å². The van der Waals surface area contributed by atoms with E-state index in [1.165, 1.54) is 11.8 Å². The van der Waals surface area contributed by atoms with Crippen LogP contribution >= 0.6 is 11.8 Å². The lowest BCUT2D eigenvalue weighted by Crippen LogP contribution is -2.42. The Morgan fingerprint density at radius 1 is 1.10 bits per heavy atom. The number of carbonyl (C=O) groups is 1. The third kappa shape index (κ3) is 4.27. The number of carbonyl (C=O) groups excluding carboxylic acids is 1. The van der Waals surface area contributed by atoms with E-state index >= 15 is 0 Å². The summed E-state index contributed by atoms with van der Waals surface area (Å²) < 4.78 is 7.11. The second-order valence-corrected chi connectivity index (χ2v) is 8.29. The highest BCUT2D eigenvalue weighted by Crippen LogP contribution is 2.36. The molecule has 0 N–H and O–H groups in total. The van der Waals surface area contributed by atoms with Gasteiger partial charge in [-0.2, -0.15) is 0 Å². The van der Waals surface area contributed by atoms with Gasteiger partial charge in [-0.3, -0.25) is 14.2 Å². The van der Waals surface area contributed by atoms with E-state index in [0.29, 0.717) is 48.9 Å². The van der Waals surface area contributed by atoms with Crippen LogP contribution in [0, 0.1) is 0 Å². The zero-order valence-electron chi connectivity index (χ0n) is 17.0. The molecule has 0 spiro atoms. The summed E-state index contributed by atoms with van der Waals surface area (Å²) in [5.74, 6) is 0.0277. The predicted octanol–water partition coefficient (Wildman–Crippen LogP) is 3.50. The van der Waals surface area contributed by atoms with Gasteiger partial charge in [-0.1, -0.05) is 61.2 Å². The molecule has 156 valence electrons. The van der Waals surface area contributed by atoms with Gasteiger partial charge in [0.2, 0.25) is 5.91 Å². The number of morpholine rings is 1. The Morgan fingerprint density at radius 2 is 1.80 bits per heavy atom. The van der Waals surface area contributed by atoms with Crippen LogP contribution in [0.1, 0.15) is 24.2 Å². The minimum atomic E-state index is -0.472. The molecule has 4 rings (SSSR count). The molecule has 1 atom stereocenters. The average molecular weight is 424 g/mol. The molecule has 1 saturated heterocycles. The number of rotatable bonds is 6. The molecule has 1 amide bonds. The first-order valence-corrected chi connectivity index (χ1v) is 11.1. The van der Waals surface area contributed by atoms with Gasteiger partial charge in [-0.25, -0.2) is 4.98 Å². The largest absolute Gasteiger partial charge is 0.378 e. The number of nitrogens with zero attached hydrogens (tertiary/aromatic N) is 3. The van der Waals surface area contributed by atoms with Crippen LogP contribution < -0.4 is 5.56 Å². The second kappa shape index (κ2) is 9.45. The van der Waals surface area contributed by atoms with Crippen LogP contribution in [0.5, 0.6) is 0 Å². The number of benzene rings is 2. The van der Waals surface area contributed by atoms with E-state index < -0.39 is 5.25 Å². The fourth-order valence-electron chi connectivity index (χ4n) is 3.60. The molecule has 0 radical (unpaired) electrons. The van der Waals surface area contributed by atoms with Gasteiger partial charge in [0.15, 0.2) is 5.16 Å². The van der Waals surface area contributed by atoms with Crippen molar-refractivity contribution in [2.24, 2.45) is 0 Å². The van der Waals surface area contributed by atoms with Crippen molar-refractivity contribution in [2.75, 3.05) is 26.3 Å². The normalized spacial score (nSPS) is 15.3. The fourth-order valence-corrected chi connectivity index (χ4v) is 4.81. The Hall–Kier alpha value is -2.64. The quantitative estimate of drug-likeness (QED) is 0.449. The number of hydrogen-bond acceptors (Lipinski definition) is 5. The molecule has 0 saturated carbocycles. The molecule has 7 heteroatoms. The summed E-state index contributed by atoms with van der Waals surface area (Å²) >= 11 is 1.36. The molecule has 30 heavy (non-hydrogen) atoms. The molecule has 6 nitrogen and oxygen atoms in total. The Labute approximate surface area is 179 Å². The van der Waals surface area contributed by atoms with Gasteiger partial charge < -0.3 is 9.64 Å². The molecule has 2 heterocycles. The highest BCUT2D eigenvalue weighted by atomic mass is 32.2. The molecule has 1 aliphatic heterocycles. The van der Waals surface area contributed by atoms with Gasteiger partial charge in [-0.05, 0) is 24.1 Å². The number of aromatic nitrogens is 2. The van der Waals surface area contributed by atoms with Gasteiger partial charge in [0, 0.05) is 19.6 Å². The van der Waals surface area contributed by atoms with Crippen LogP contribution in [0.2, 0.25) is 0 Å². The lowest BCUT2D eigenvalue weighted by atomic mass is 10.1. The van der Waals surface area contributed by atoms with Crippen LogP contribution in [-0.2, 0) is 16.1 Å². The maximum absolute atomic E-state index is 13.5. The van der Waals surface area contributed by atoms with Crippen molar-refractivity contribution in [3.05, 3.63) is 70.5 Å². The highest BCUT2D eigenvalue weighted by Gasteiger charge is 2.30. The Balaban J connectivity index is 1.77. The lowest BCUT2D eigenvalue weighted by molar-refractivity contribution is -0.134. The molecule has 1 fully saturated rings. The van der Waals surface area contributed by atoms with E-state index in [-0.39, 0.29) is 11.5 Å². The lowest BCUT2D eigenvalue weighted by Gasteiger charge is -2.30. The SMILES string of the molecule is CCCn1c(S[C@H](C(=O)N2CCOCC2)c2ccccc2)nc2ccccc2c1=O. The number of ether oxygens (including phenoxy) is 1. The summed E-state index contributed by atoms with van der Waals surface area (Å²) in [5.41, 5.74) is 1.50. The summed E-state index contributed by atoms with van der Waals surface area (Å²) in [6.45, 7) is 4.85. The first-order chi connectivity index (χ1) is 14.7. The molecule has 2 aromatic carbocycles. The first kappa shape index (κ1) is 20.6. The maximum Gasteiger partial charge on any atom is 0.262 e. The standard InChI is InChI=1S/C23H25N3O3S/c1-2-12-26-21(27)18-10-6-7-11-19(18)24-23(26)30-20(17-8-4-3-5-9-17)22(28)25-13-15-29-16-14-25/h3-11,20H,2,12-16H2,1H3/t20-/m0/s1. The zero-order chi connectivity index (χ0) is 20.9. The number of fused-ring (bicyclic) bond motifs is 1. The Bertz CT molecular complexity index is 1080. The Kier molecular flexibility index (Phi) is 6.50. The van der Waals surface area contributed by atoms with Gasteiger partial charge in [0.25, 0.3) is 5.56 Å². The Morgan fingerprint density at radius 3 is 2.53 bits per heavy atom. The van der Waals surface area contributed by atoms with Gasteiger partial charge in [0.1, 0.15) is 5.25 Å². The van der Waals surface area contributed by atoms with Crippen LogP contribution in [0.15, 0.2) is 64.5 Å². The highest BCUT2D eigenvalue weighted by molar-refractivity contribution is 8.00. The molecular formula is C23H25N3O3S. The minimum Gasteiger partial charge on any atom is -0.378 e. The molecule has 0 aliphatic carbocycles. The summed E-state index contributed by atoms with van der Waals surface area (Å²) in [6.07, 6.45) is 0.806. The molecule has 0 bridgehead atoms. The van der Waals surface area contributed by atoms with Crippen molar-refractivity contribution >= 4 is 28.6 Å². The van der Waals surface area contributed by atoms with Crippen LogP contribution in [-0.4, -0.2) is 46.7 Å². The van der Waals surface area contributed by atoms with Gasteiger partial charge >= 0.3 is 0 Å². The number of hydrogen-bond donors (Lipinski definition) is 0. The summed E-state index contributed by atoms with van der Waals surface area (Å²) in [6, 6.07) is 17.1. The van der Waals surface area contributed by atoms with Crippen molar-refractivity contribution < 1.29 is 9.53 Å². The molecule has 1 aromatic heterocycles. The molecule has 3 aromatic rings. The monoisotopic (exact) mass is 423 g/mol. The van der Waals surface area contributed by atoms with E-state index in [9.17, 15) is 9.59 Å². The third-order valence-corrected chi connectivity index (χ3v) is 6.38. The second-order valence-electron chi connectivity index (χ2n) is 7.21. The van der Waals surface area contributed by atoms with Crippen molar-refractivity contribution in [2.45, 2.75) is 30.3 Å². The number of thioether (sulfide) groups is 1. The fraction of sp³-hybridized carbons (Fsp3) is 0.348. The van der Waals surface area contributed by atoms with Crippen LogP contribution in [0.3, 0.4) is 0 Å². The molecular weight excluding hydrogens is 398 g/mol. The summed E-state index contributed by atoms with van der Waals surface area (Å²) in [7, 11) is 0. The maximum atomic E-state index is 13.5. The van der Waals surface area contributed by atoms with Gasteiger partial charge in [0.05, 0.1) is 24.1 Å². The van der Waals surface area contributed by atoms with Crippen LogP contribution in [0.4, 0.5) is 0 Å². The molecule has 0 unspecified atom stereocenters. The van der Waals surface area contributed by atoms with E-state index in [2.05, 4.69) is 0 Å². The van der Waals surface area contributed by atoms with E-state index in [1.807, 2.05) is 60.4 Å². The van der Waals surface area contributed by atoms with Crippen LogP contribution in [0.25, 0.3) is 10.9 Å². The molecule has 1 aliphatic rings. The van der Waals surface area contributed by atoms with E-state index in [4.69, 9.17) is 9.72 Å². The third-order valence-electron chi connectivity index (χ3n) is 5.15. The minimum absolute atomic E-state index is 0.0277. The van der Waals surface area contributed by atoms with Crippen molar-refractivity contribution in [3.63, 3.8) is 0 Å². The van der Waals surface area contributed by atoms with Crippen molar-refractivity contribution in [1.29, 1.82) is 0 Å². The van der Waals surface area contributed by atoms with E-state index in [1.54, 1.807) is 10.6 Å². The number of para-hydroxylation sites is 1. The van der Waals surface area contributed by atoms with E-state index in [0.717, 1.165) is 12.0 Å². The van der Waals surface area contributed by atoms with Crippen molar-refractivity contribution in [3.8, 4) is 0 Å². The predicted molar refractivity (Wildman–Crippen MR) is 119 cm³/mol. The topological polar surface area (TPSA) is 64.4 Å². The summed E-state index contributed by atoms with van der Waals surface area (Å²) in [4.78, 5) is 33.2. The number of amides is 1. The summed E-state index contributed by atoms with van der Waals surface area (Å²) in [5, 5.41) is 0.711. The average Bonchev–Trinajstić information content (AvgIpc) is 2.80. The van der Waals surface area contributed by atoms with Crippen molar-refractivity contribution in [1.82, 2.24) is 14.5 Å². The zero-order valence-corrected chi connectivity index (χ0v) is 17.8.